The van der Waals surface area contributed by atoms with Gasteiger partial charge < -0.3 is 10.1 Å². The van der Waals surface area contributed by atoms with Crippen molar-refractivity contribution < 1.29 is 9.53 Å². The Kier molecular flexibility index (Phi) is 6.88. The minimum absolute atomic E-state index is 0.0419. The highest BCUT2D eigenvalue weighted by Gasteiger charge is 2.26. The molecular weight excluding hydrogens is 338 g/mol. The van der Waals surface area contributed by atoms with Gasteiger partial charge in [-0.25, -0.2) is 4.98 Å². The van der Waals surface area contributed by atoms with E-state index in [-0.39, 0.29) is 11.3 Å². The first-order valence-electron chi connectivity index (χ1n) is 10.6. The Hall–Kier alpha value is -1.46. The van der Waals surface area contributed by atoms with Crippen molar-refractivity contribution in [1.29, 1.82) is 0 Å². The zero-order valence-corrected chi connectivity index (χ0v) is 17.2. The Balaban J connectivity index is 1.81. The number of carbonyl (C=O) groups is 1. The van der Waals surface area contributed by atoms with Gasteiger partial charge in [-0.05, 0) is 42.4 Å². The molecule has 1 aliphatic heterocycles. The molecule has 1 N–H and O–H groups in total. The molecule has 2 fully saturated rings. The molecule has 2 aliphatic rings. The highest BCUT2D eigenvalue weighted by atomic mass is 16.5. The van der Waals surface area contributed by atoms with Gasteiger partial charge in [0.15, 0.2) is 0 Å². The molecule has 0 atom stereocenters. The Morgan fingerprint density at radius 2 is 1.96 bits per heavy atom. The van der Waals surface area contributed by atoms with Crippen LogP contribution in [0.25, 0.3) is 0 Å². The van der Waals surface area contributed by atoms with Crippen LogP contribution in [0, 0.1) is 5.41 Å². The average Bonchev–Trinajstić information content (AvgIpc) is 2.69. The second kappa shape index (κ2) is 9.16. The molecule has 1 saturated heterocycles. The summed E-state index contributed by atoms with van der Waals surface area (Å²) in [4.78, 5) is 19.6. The van der Waals surface area contributed by atoms with E-state index in [2.05, 4.69) is 21.3 Å². The quantitative estimate of drug-likeness (QED) is 0.806. The van der Waals surface area contributed by atoms with Gasteiger partial charge in [-0.3, -0.25) is 9.69 Å². The predicted octanol–water partition coefficient (Wildman–Crippen LogP) is 4.34. The van der Waals surface area contributed by atoms with Gasteiger partial charge in [0.05, 0.1) is 13.2 Å². The molecular formula is C22H35N3O2. The normalized spacial score (nSPS) is 19.8. The topological polar surface area (TPSA) is 54.5 Å². The van der Waals surface area contributed by atoms with E-state index in [0.717, 1.165) is 39.3 Å². The number of ether oxygens (including phenoxy) is 1. The summed E-state index contributed by atoms with van der Waals surface area (Å²) in [5.41, 5.74) is 2.33. The smallest absolute Gasteiger partial charge is 0.231 e. The Morgan fingerprint density at radius 1 is 1.26 bits per heavy atom. The molecule has 5 nitrogen and oxygen atoms in total. The summed E-state index contributed by atoms with van der Waals surface area (Å²) in [6, 6.07) is 2.11. The van der Waals surface area contributed by atoms with Crippen molar-refractivity contribution in [2.45, 2.75) is 71.8 Å². The van der Waals surface area contributed by atoms with E-state index in [4.69, 9.17) is 4.74 Å². The Labute approximate surface area is 163 Å². The zero-order chi connectivity index (χ0) is 19.3. The van der Waals surface area contributed by atoms with Gasteiger partial charge >= 0.3 is 0 Å². The van der Waals surface area contributed by atoms with E-state index in [1.807, 2.05) is 27.0 Å². The number of anilines is 1. The maximum absolute atomic E-state index is 12.6. The van der Waals surface area contributed by atoms with Crippen molar-refractivity contribution in [2.24, 2.45) is 5.41 Å². The summed E-state index contributed by atoms with van der Waals surface area (Å²) in [6.07, 6.45) is 9.32. The third-order valence-corrected chi connectivity index (χ3v) is 6.31. The van der Waals surface area contributed by atoms with E-state index in [1.165, 1.54) is 43.2 Å². The van der Waals surface area contributed by atoms with Crippen LogP contribution in [0.2, 0.25) is 0 Å². The molecule has 1 aliphatic carbocycles. The fourth-order valence-corrected chi connectivity index (χ4v) is 3.94. The van der Waals surface area contributed by atoms with Crippen molar-refractivity contribution in [1.82, 2.24) is 9.88 Å². The first-order valence-corrected chi connectivity index (χ1v) is 10.6. The number of nitrogens with one attached hydrogen (secondary N) is 1. The lowest BCUT2D eigenvalue weighted by Crippen LogP contribution is -2.36. The van der Waals surface area contributed by atoms with E-state index >= 15 is 0 Å². The number of nitrogens with zero attached hydrogens (tertiary/aromatic N) is 2. The second-order valence-corrected chi connectivity index (χ2v) is 8.68. The number of morpholine rings is 1. The van der Waals surface area contributed by atoms with E-state index in [0.29, 0.717) is 11.7 Å². The fourth-order valence-electron chi connectivity index (χ4n) is 3.94. The molecule has 0 bridgehead atoms. The van der Waals surface area contributed by atoms with Gasteiger partial charge in [0.2, 0.25) is 5.91 Å². The molecule has 2 heterocycles. The van der Waals surface area contributed by atoms with Crippen molar-refractivity contribution in [2.75, 3.05) is 31.6 Å². The zero-order valence-electron chi connectivity index (χ0n) is 17.2. The first-order chi connectivity index (χ1) is 13.0. The molecule has 1 aromatic rings. The highest BCUT2D eigenvalue weighted by Crippen LogP contribution is 2.35. The molecule has 0 radical (unpaired) electrons. The van der Waals surface area contributed by atoms with Crippen molar-refractivity contribution in [3.63, 3.8) is 0 Å². The van der Waals surface area contributed by atoms with Gasteiger partial charge in [-0.2, -0.15) is 0 Å². The summed E-state index contributed by atoms with van der Waals surface area (Å²) in [6.45, 7) is 10.5. The molecule has 0 aromatic carbocycles. The van der Waals surface area contributed by atoms with E-state index in [9.17, 15) is 4.79 Å². The molecule has 0 spiro atoms. The molecule has 1 amide bonds. The van der Waals surface area contributed by atoms with Crippen LogP contribution in [0.5, 0.6) is 0 Å². The lowest BCUT2D eigenvalue weighted by atomic mass is 9.82. The number of carbonyl (C=O) groups excluding carboxylic acids is 1. The van der Waals surface area contributed by atoms with Crippen LogP contribution < -0.4 is 5.32 Å². The maximum atomic E-state index is 12.6. The standard InChI is InChI=1S/C22H35N3O2/c1-4-22(2,3)21(26)24-20-14-18(16-25-10-12-27-13-11-25)19(15-23-20)17-8-6-5-7-9-17/h14-15,17H,4-13,16H2,1-3H3,(H,23,24,26). The van der Waals surface area contributed by atoms with Gasteiger partial charge in [0.25, 0.3) is 0 Å². The van der Waals surface area contributed by atoms with Crippen LogP contribution in [0.3, 0.4) is 0 Å². The number of amides is 1. The predicted molar refractivity (Wildman–Crippen MR) is 109 cm³/mol. The molecule has 0 unspecified atom stereocenters. The van der Waals surface area contributed by atoms with Crippen LogP contribution in [0.1, 0.15) is 76.3 Å². The Morgan fingerprint density at radius 3 is 2.63 bits per heavy atom. The lowest BCUT2D eigenvalue weighted by Gasteiger charge is -2.30. The summed E-state index contributed by atoms with van der Waals surface area (Å²) in [5.74, 6) is 1.34. The largest absolute Gasteiger partial charge is 0.379 e. The van der Waals surface area contributed by atoms with Crippen LogP contribution in [0.15, 0.2) is 12.3 Å². The van der Waals surface area contributed by atoms with Crippen LogP contribution >= 0.6 is 0 Å². The highest BCUT2D eigenvalue weighted by molar-refractivity contribution is 5.94. The first kappa shape index (κ1) is 20.3. The molecule has 150 valence electrons. The van der Waals surface area contributed by atoms with Gasteiger partial charge in [-0.15, -0.1) is 0 Å². The molecule has 3 rings (SSSR count). The minimum atomic E-state index is -0.381. The van der Waals surface area contributed by atoms with Crippen LogP contribution in [0.4, 0.5) is 5.82 Å². The minimum Gasteiger partial charge on any atom is -0.379 e. The summed E-state index contributed by atoms with van der Waals surface area (Å²) in [7, 11) is 0. The molecule has 1 aromatic heterocycles. The average molecular weight is 374 g/mol. The Bertz CT molecular complexity index is 632. The number of rotatable bonds is 6. The van der Waals surface area contributed by atoms with E-state index < -0.39 is 0 Å². The fraction of sp³-hybridized carbons (Fsp3) is 0.727. The third-order valence-electron chi connectivity index (χ3n) is 6.31. The van der Waals surface area contributed by atoms with Crippen molar-refractivity contribution in [3.05, 3.63) is 23.4 Å². The van der Waals surface area contributed by atoms with Crippen molar-refractivity contribution in [3.8, 4) is 0 Å². The van der Waals surface area contributed by atoms with Gasteiger partial charge in [-0.1, -0.05) is 40.0 Å². The monoisotopic (exact) mass is 373 g/mol. The van der Waals surface area contributed by atoms with E-state index in [1.54, 1.807) is 0 Å². The second-order valence-electron chi connectivity index (χ2n) is 8.68. The number of pyridine rings is 1. The SMILES string of the molecule is CCC(C)(C)C(=O)Nc1cc(CN2CCOCC2)c(C2CCCCC2)cn1. The van der Waals surface area contributed by atoms with Crippen molar-refractivity contribution >= 4 is 11.7 Å². The summed E-state index contributed by atoms with van der Waals surface area (Å²) >= 11 is 0. The maximum Gasteiger partial charge on any atom is 0.231 e. The lowest BCUT2D eigenvalue weighted by molar-refractivity contribution is -0.124. The molecule has 1 saturated carbocycles. The number of hydrogen-bond acceptors (Lipinski definition) is 4. The summed E-state index contributed by atoms with van der Waals surface area (Å²) < 4.78 is 5.50. The van der Waals surface area contributed by atoms with Crippen LogP contribution in [-0.4, -0.2) is 42.1 Å². The summed E-state index contributed by atoms with van der Waals surface area (Å²) in [5, 5.41) is 3.05. The van der Waals surface area contributed by atoms with Gasteiger partial charge in [0, 0.05) is 31.2 Å². The molecule has 5 heteroatoms. The number of hydrogen-bond donors (Lipinski definition) is 1. The van der Waals surface area contributed by atoms with Crippen LogP contribution in [-0.2, 0) is 16.1 Å². The number of aromatic nitrogens is 1. The third kappa shape index (κ3) is 5.29. The molecule has 27 heavy (non-hydrogen) atoms. The van der Waals surface area contributed by atoms with Gasteiger partial charge in [0.1, 0.15) is 5.82 Å².